The molecule has 0 atom stereocenters. The lowest BCUT2D eigenvalue weighted by Crippen LogP contribution is -1.85. The van der Waals surface area contributed by atoms with Gasteiger partial charge in [0.05, 0.1) is 5.75 Å². The van der Waals surface area contributed by atoms with Crippen LogP contribution in [0.5, 0.6) is 0 Å². The molecule has 0 fully saturated rings. The first-order valence-electron chi connectivity index (χ1n) is 5.21. The second-order valence-corrected chi connectivity index (χ2v) is 4.53. The third kappa shape index (κ3) is 5.92. The van der Waals surface area contributed by atoms with Crippen LogP contribution >= 0.6 is 11.8 Å². The zero-order chi connectivity index (χ0) is 13.4. The summed E-state index contributed by atoms with van der Waals surface area (Å²) in [6.45, 7) is 1.51. The molecule has 0 saturated carbocycles. The Balaban J connectivity index is 2.60. The number of carboxylic acids is 1. The fraction of sp³-hybridized carbons (Fsp3) is 0.143. The van der Waals surface area contributed by atoms with Gasteiger partial charge in [-0.15, -0.1) is 0 Å². The molecule has 1 aromatic carbocycles. The summed E-state index contributed by atoms with van der Waals surface area (Å²) in [5.41, 5.74) is 1.65. The molecule has 0 amide bonds. The maximum atomic E-state index is 10.7. The number of benzene rings is 1. The van der Waals surface area contributed by atoms with E-state index in [4.69, 9.17) is 5.11 Å². The maximum absolute atomic E-state index is 10.7. The first-order valence-corrected chi connectivity index (χ1v) is 6.20. The first-order chi connectivity index (χ1) is 8.58. The average Bonchev–Trinajstić information content (AvgIpc) is 2.33. The first kappa shape index (κ1) is 14.1. The molecule has 1 aromatic rings. The number of aliphatic carboxylic acids is 1. The van der Waals surface area contributed by atoms with Crippen molar-refractivity contribution in [2.24, 2.45) is 0 Å². The smallest absolute Gasteiger partial charge is 0.328 e. The highest BCUT2D eigenvalue weighted by Gasteiger charge is 1.91. The Morgan fingerprint density at radius 2 is 2.00 bits per heavy atom. The Morgan fingerprint density at radius 1 is 1.33 bits per heavy atom. The van der Waals surface area contributed by atoms with Crippen molar-refractivity contribution in [3.05, 3.63) is 41.5 Å². The van der Waals surface area contributed by atoms with E-state index in [1.807, 2.05) is 12.1 Å². The van der Waals surface area contributed by atoms with Crippen LogP contribution in [-0.4, -0.2) is 21.9 Å². The zero-order valence-electron chi connectivity index (χ0n) is 9.84. The van der Waals surface area contributed by atoms with Crippen molar-refractivity contribution >= 4 is 28.9 Å². The Kier molecular flexibility index (Phi) is 5.75. The Morgan fingerprint density at radius 3 is 2.56 bits per heavy atom. The molecule has 1 N–H and O–H groups in total. The lowest BCUT2D eigenvalue weighted by Gasteiger charge is -1.93. The Hall–Kier alpha value is -1.99. The highest BCUT2D eigenvalue weighted by Crippen LogP contribution is 2.05. The zero-order valence-corrected chi connectivity index (χ0v) is 10.7. The molecule has 3 nitrogen and oxygen atoms in total. The number of hydrogen-bond acceptors (Lipinski definition) is 3. The number of hydrogen-bond donors (Lipinski definition) is 1. The number of carbonyl (C=O) groups is 2. The third-order valence-electron chi connectivity index (χ3n) is 1.91. The molecule has 0 radical (unpaired) electrons. The minimum atomic E-state index is -0.972. The van der Waals surface area contributed by atoms with E-state index in [0.717, 1.165) is 17.2 Å². The van der Waals surface area contributed by atoms with Gasteiger partial charge in [0, 0.05) is 18.6 Å². The van der Waals surface area contributed by atoms with Crippen molar-refractivity contribution in [1.29, 1.82) is 0 Å². The standard InChI is InChI=1S/C14H12O3S/c1-11(15)18-10-2-3-12-4-6-13(7-5-12)8-9-14(16)17/h4-9H,10H2,1H3,(H,16,17)/b9-8+. The quantitative estimate of drug-likeness (QED) is 0.670. The van der Waals surface area contributed by atoms with Crippen LogP contribution in [0.25, 0.3) is 6.08 Å². The SMILES string of the molecule is CC(=O)SCC#Cc1ccc(/C=C/C(=O)O)cc1. The van der Waals surface area contributed by atoms with Gasteiger partial charge >= 0.3 is 5.97 Å². The van der Waals surface area contributed by atoms with Crippen LogP contribution in [0.2, 0.25) is 0 Å². The van der Waals surface area contributed by atoms with Gasteiger partial charge in [0.25, 0.3) is 0 Å². The molecule has 92 valence electrons. The highest BCUT2D eigenvalue weighted by atomic mass is 32.2. The molecule has 0 unspecified atom stereocenters. The molecule has 0 aliphatic heterocycles. The summed E-state index contributed by atoms with van der Waals surface area (Å²) in [5, 5.41) is 8.53. The van der Waals surface area contributed by atoms with Crippen LogP contribution in [0.4, 0.5) is 0 Å². The van der Waals surface area contributed by atoms with Crippen molar-refractivity contribution in [2.45, 2.75) is 6.92 Å². The van der Waals surface area contributed by atoms with E-state index < -0.39 is 5.97 Å². The van der Waals surface area contributed by atoms with Crippen molar-refractivity contribution in [1.82, 2.24) is 0 Å². The van der Waals surface area contributed by atoms with Crippen LogP contribution in [0.1, 0.15) is 18.1 Å². The molecule has 0 heterocycles. The van der Waals surface area contributed by atoms with E-state index in [1.165, 1.54) is 24.8 Å². The van der Waals surface area contributed by atoms with Crippen molar-refractivity contribution in [2.75, 3.05) is 5.75 Å². The lowest BCUT2D eigenvalue weighted by atomic mass is 10.1. The van der Waals surface area contributed by atoms with Crippen LogP contribution in [0, 0.1) is 11.8 Å². The van der Waals surface area contributed by atoms with Crippen LogP contribution in [-0.2, 0) is 9.59 Å². The normalized spacial score (nSPS) is 9.83. The van der Waals surface area contributed by atoms with Crippen LogP contribution in [0.15, 0.2) is 30.3 Å². The molecule has 0 aliphatic carbocycles. The number of carboxylic acid groups (broad SMARTS) is 1. The van der Waals surface area contributed by atoms with Gasteiger partial charge in [0.2, 0.25) is 0 Å². The van der Waals surface area contributed by atoms with E-state index in [2.05, 4.69) is 11.8 Å². The summed E-state index contributed by atoms with van der Waals surface area (Å²) < 4.78 is 0. The molecule has 0 saturated heterocycles. The fourth-order valence-corrected chi connectivity index (χ4v) is 1.47. The molecule has 0 aliphatic rings. The summed E-state index contributed by atoms with van der Waals surface area (Å²) >= 11 is 1.18. The highest BCUT2D eigenvalue weighted by molar-refractivity contribution is 8.13. The van der Waals surface area contributed by atoms with E-state index in [9.17, 15) is 9.59 Å². The average molecular weight is 260 g/mol. The van der Waals surface area contributed by atoms with Gasteiger partial charge in [0.15, 0.2) is 5.12 Å². The molecule has 0 aromatic heterocycles. The predicted octanol–water partition coefficient (Wildman–Crippen LogP) is 2.42. The largest absolute Gasteiger partial charge is 0.478 e. The van der Waals surface area contributed by atoms with Crippen LogP contribution in [0.3, 0.4) is 0 Å². The van der Waals surface area contributed by atoms with E-state index >= 15 is 0 Å². The number of carbonyl (C=O) groups excluding carboxylic acids is 1. The van der Waals surface area contributed by atoms with Gasteiger partial charge < -0.3 is 5.11 Å². The van der Waals surface area contributed by atoms with E-state index in [0.29, 0.717) is 5.75 Å². The van der Waals surface area contributed by atoms with E-state index in [1.54, 1.807) is 12.1 Å². The van der Waals surface area contributed by atoms with Gasteiger partial charge in [-0.2, -0.15) is 0 Å². The molecular weight excluding hydrogens is 248 g/mol. The summed E-state index contributed by atoms with van der Waals surface area (Å²) in [4.78, 5) is 21.0. The second-order valence-electron chi connectivity index (χ2n) is 3.38. The number of thioether (sulfide) groups is 1. The third-order valence-corrected chi connectivity index (χ3v) is 2.60. The van der Waals surface area contributed by atoms with Gasteiger partial charge in [-0.1, -0.05) is 35.7 Å². The Bertz CT molecular complexity index is 518. The second kappa shape index (κ2) is 7.36. The van der Waals surface area contributed by atoms with Crippen molar-refractivity contribution in [3.8, 4) is 11.8 Å². The van der Waals surface area contributed by atoms with Gasteiger partial charge in [-0.3, -0.25) is 4.79 Å². The molecule has 0 spiro atoms. The number of rotatable bonds is 3. The van der Waals surface area contributed by atoms with Gasteiger partial charge in [-0.05, 0) is 23.8 Å². The fourth-order valence-electron chi connectivity index (χ4n) is 1.12. The molecular formula is C14H12O3S. The summed E-state index contributed by atoms with van der Waals surface area (Å²) in [7, 11) is 0. The van der Waals surface area contributed by atoms with Gasteiger partial charge in [0.1, 0.15) is 0 Å². The Labute approximate surface area is 110 Å². The van der Waals surface area contributed by atoms with Crippen molar-refractivity contribution in [3.63, 3.8) is 0 Å². The minimum absolute atomic E-state index is 0.0541. The topological polar surface area (TPSA) is 54.4 Å². The monoisotopic (exact) mass is 260 g/mol. The predicted molar refractivity (Wildman–Crippen MR) is 73.1 cm³/mol. The lowest BCUT2D eigenvalue weighted by molar-refractivity contribution is -0.131. The minimum Gasteiger partial charge on any atom is -0.478 e. The molecule has 0 bridgehead atoms. The van der Waals surface area contributed by atoms with Gasteiger partial charge in [-0.25, -0.2) is 4.79 Å². The van der Waals surface area contributed by atoms with Crippen LogP contribution < -0.4 is 0 Å². The summed E-state index contributed by atoms with van der Waals surface area (Å²) in [6.07, 6.45) is 2.61. The summed E-state index contributed by atoms with van der Waals surface area (Å²) in [5.74, 6) is 5.32. The van der Waals surface area contributed by atoms with Crippen molar-refractivity contribution < 1.29 is 14.7 Å². The molecule has 18 heavy (non-hydrogen) atoms. The maximum Gasteiger partial charge on any atom is 0.328 e. The van der Waals surface area contributed by atoms with E-state index in [-0.39, 0.29) is 5.12 Å². The molecule has 4 heteroatoms. The summed E-state index contributed by atoms with van der Waals surface area (Å²) in [6, 6.07) is 7.21. The molecule has 1 rings (SSSR count).